The minimum atomic E-state index is 0.441. The van der Waals surface area contributed by atoms with Gasteiger partial charge in [0, 0.05) is 45.3 Å². The molecule has 3 heterocycles. The number of nitrogens with one attached hydrogen (secondary N) is 2. The third kappa shape index (κ3) is 4.98. The Kier molecular flexibility index (Phi) is 5.93. The summed E-state index contributed by atoms with van der Waals surface area (Å²) in [5, 5.41) is 6.89. The number of aryl methyl sites for hydroxylation is 1. The standard InChI is InChI=1S/C19H27N5O/c1-15-5-6-18(22-14-15)24-11-8-16(9-12-24)23-19(20-2)21-10-7-17-4-3-13-25-17/h3-6,13-14,16H,7-12H2,1-2H3,(H2,20,21,23). The topological polar surface area (TPSA) is 65.7 Å². The maximum atomic E-state index is 5.35. The second kappa shape index (κ2) is 8.55. The lowest BCUT2D eigenvalue weighted by Crippen LogP contribution is -2.49. The number of furan rings is 1. The molecule has 1 aliphatic heterocycles. The highest BCUT2D eigenvalue weighted by molar-refractivity contribution is 5.80. The molecule has 0 aromatic carbocycles. The van der Waals surface area contributed by atoms with Gasteiger partial charge in [0.25, 0.3) is 0 Å². The van der Waals surface area contributed by atoms with Crippen molar-refractivity contribution in [2.45, 2.75) is 32.2 Å². The van der Waals surface area contributed by atoms with Crippen LogP contribution in [0.1, 0.15) is 24.2 Å². The first kappa shape index (κ1) is 17.3. The molecule has 6 heteroatoms. The lowest BCUT2D eigenvalue weighted by Gasteiger charge is -2.33. The van der Waals surface area contributed by atoms with E-state index in [4.69, 9.17) is 4.42 Å². The van der Waals surface area contributed by atoms with Gasteiger partial charge in [0.15, 0.2) is 5.96 Å². The van der Waals surface area contributed by atoms with Gasteiger partial charge in [0.05, 0.1) is 6.26 Å². The number of hydrogen-bond donors (Lipinski definition) is 2. The molecular weight excluding hydrogens is 314 g/mol. The molecule has 0 spiro atoms. The fraction of sp³-hybridized carbons (Fsp3) is 0.474. The summed E-state index contributed by atoms with van der Waals surface area (Å²) >= 11 is 0. The lowest BCUT2D eigenvalue weighted by atomic mass is 10.1. The normalized spacial score (nSPS) is 16.1. The molecular formula is C19H27N5O. The highest BCUT2D eigenvalue weighted by Crippen LogP contribution is 2.17. The molecule has 25 heavy (non-hydrogen) atoms. The van der Waals surface area contributed by atoms with Gasteiger partial charge < -0.3 is 20.0 Å². The maximum Gasteiger partial charge on any atom is 0.191 e. The third-order valence-corrected chi connectivity index (χ3v) is 4.52. The fourth-order valence-corrected chi connectivity index (χ4v) is 3.05. The van der Waals surface area contributed by atoms with E-state index in [1.54, 1.807) is 6.26 Å². The van der Waals surface area contributed by atoms with Crippen molar-refractivity contribution in [2.75, 3.05) is 31.6 Å². The molecule has 1 saturated heterocycles. The molecule has 2 aromatic heterocycles. The predicted octanol–water partition coefficient (Wildman–Crippen LogP) is 2.36. The van der Waals surface area contributed by atoms with E-state index in [2.05, 4.69) is 44.6 Å². The van der Waals surface area contributed by atoms with Crippen molar-refractivity contribution in [3.05, 3.63) is 48.0 Å². The van der Waals surface area contributed by atoms with E-state index in [1.807, 2.05) is 25.4 Å². The van der Waals surface area contributed by atoms with Crippen LogP contribution in [0, 0.1) is 6.92 Å². The van der Waals surface area contributed by atoms with Gasteiger partial charge in [0.2, 0.25) is 0 Å². The first-order chi connectivity index (χ1) is 12.2. The first-order valence-corrected chi connectivity index (χ1v) is 8.92. The fourth-order valence-electron chi connectivity index (χ4n) is 3.05. The van der Waals surface area contributed by atoms with Crippen LogP contribution in [-0.4, -0.2) is 43.7 Å². The Labute approximate surface area is 149 Å². The number of aromatic nitrogens is 1. The van der Waals surface area contributed by atoms with Crippen LogP contribution in [-0.2, 0) is 6.42 Å². The van der Waals surface area contributed by atoms with Crippen LogP contribution < -0.4 is 15.5 Å². The molecule has 0 amide bonds. The van der Waals surface area contributed by atoms with E-state index < -0.39 is 0 Å². The molecule has 6 nitrogen and oxygen atoms in total. The Balaban J connectivity index is 1.41. The average Bonchev–Trinajstić information content (AvgIpc) is 3.16. The predicted molar refractivity (Wildman–Crippen MR) is 101 cm³/mol. The van der Waals surface area contributed by atoms with E-state index in [0.717, 1.165) is 56.4 Å². The van der Waals surface area contributed by atoms with E-state index in [0.29, 0.717) is 6.04 Å². The summed E-state index contributed by atoms with van der Waals surface area (Å²) in [6, 6.07) is 8.58. The third-order valence-electron chi connectivity index (χ3n) is 4.52. The summed E-state index contributed by atoms with van der Waals surface area (Å²) in [5.74, 6) is 2.92. The van der Waals surface area contributed by atoms with Gasteiger partial charge in [-0.25, -0.2) is 4.98 Å². The van der Waals surface area contributed by atoms with Crippen molar-refractivity contribution in [1.82, 2.24) is 15.6 Å². The lowest BCUT2D eigenvalue weighted by molar-refractivity contribution is 0.458. The van der Waals surface area contributed by atoms with Crippen LogP contribution in [0.5, 0.6) is 0 Å². The number of guanidine groups is 1. The molecule has 0 unspecified atom stereocenters. The zero-order valence-corrected chi connectivity index (χ0v) is 15.0. The quantitative estimate of drug-likeness (QED) is 0.646. The first-order valence-electron chi connectivity index (χ1n) is 8.92. The van der Waals surface area contributed by atoms with Crippen LogP contribution >= 0.6 is 0 Å². The van der Waals surface area contributed by atoms with Crippen molar-refractivity contribution in [2.24, 2.45) is 4.99 Å². The second-order valence-electron chi connectivity index (χ2n) is 6.43. The van der Waals surface area contributed by atoms with Crippen molar-refractivity contribution in [3.8, 4) is 0 Å². The minimum Gasteiger partial charge on any atom is -0.469 e. The van der Waals surface area contributed by atoms with Crippen LogP contribution in [0.25, 0.3) is 0 Å². The number of hydrogen-bond acceptors (Lipinski definition) is 4. The van der Waals surface area contributed by atoms with Crippen molar-refractivity contribution < 1.29 is 4.42 Å². The van der Waals surface area contributed by atoms with E-state index in [1.165, 1.54) is 5.56 Å². The summed E-state index contributed by atoms with van der Waals surface area (Å²) in [5.41, 5.74) is 1.20. The number of aliphatic imine (C=N–C) groups is 1. The largest absolute Gasteiger partial charge is 0.469 e. The molecule has 1 fully saturated rings. The van der Waals surface area contributed by atoms with Crippen molar-refractivity contribution in [1.29, 1.82) is 0 Å². The second-order valence-corrected chi connectivity index (χ2v) is 6.43. The van der Waals surface area contributed by atoms with Crippen LogP contribution in [0.4, 0.5) is 5.82 Å². The van der Waals surface area contributed by atoms with Crippen molar-refractivity contribution >= 4 is 11.8 Å². The Bertz CT molecular complexity index is 658. The Morgan fingerprint density at radius 1 is 1.32 bits per heavy atom. The molecule has 1 aliphatic rings. The molecule has 0 bridgehead atoms. The highest BCUT2D eigenvalue weighted by Gasteiger charge is 2.20. The van der Waals surface area contributed by atoms with E-state index in [-0.39, 0.29) is 0 Å². The summed E-state index contributed by atoms with van der Waals surface area (Å²) in [7, 11) is 1.81. The van der Waals surface area contributed by atoms with Crippen molar-refractivity contribution in [3.63, 3.8) is 0 Å². The van der Waals surface area contributed by atoms with Gasteiger partial charge in [-0.3, -0.25) is 4.99 Å². The zero-order chi connectivity index (χ0) is 17.5. The van der Waals surface area contributed by atoms with Gasteiger partial charge in [-0.1, -0.05) is 6.07 Å². The summed E-state index contributed by atoms with van der Waals surface area (Å²) in [4.78, 5) is 11.2. The number of anilines is 1. The molecule has 0 atom stereocenters. The molecule has 0 radical (unpaired) electrons. The number of piperidine rings is 1. The average molecular weight is 341 g/mol. The number of rotatable bonds is 5. The smallest absolute Gasteiger partial charge is 0.191 e. The number of pyridine rings is 1. The van der Waals surface area contributed by atoms with Crippen LogP contribution in [0.3, 0.4) is 0 Å². The van der Waals surface area contributed by atoms with Crippen LogP contribution in [0.2, 0.25) is 0 Å². The van der Waals surface area contributed by atoms with E-state index in [9.17, 15) is 0 Å². The van der Waals surface area contributed by atoms with Gasteiger partial charge in [-0.2, -0.15) is 0 Å². The minimum absolute atomic E-state index is 0.441. The SMILES string of the molecule is CN=C(NCCc1ccco1)NC1CCN(c2ccc(C)cn2)CC1. The van der Waals surface area contributed by atoms with Gasteiger partial charge in [-0.15, -0.1) is 0 Å². The molecule has 2 aromatic rings. The molecule has 134 valence electrons. The molecule has 0 saturated carbocycles. The Morgan fingerprint density at radius 3 is 2.80 bits per heavy atom. The van der Waals surface area contributed by atoms with E-state index >= 15 is 0 Å². The molecule has 2 N–H and O–H groups in total. The summed E-state index contributed by atoms with van der Waals surface area (Å²) in [6.45, 7) is 4.89. The maximum absolute atomic E-state index is 5.35. The monoisotopic (exact) mass is 341 g/mol. The highest BCUT2D eigenvalue weighted by atomic mass is 16.3. The Morgan fingerprint density at radius 2 is 2.16 bits per heavy atom. The molecule has 3 rings (SSSR count). The molecule has 0 aliphatic carbocycles. The van der Waals surface area contributed by atoms with Gasteiger partial charge >= 0.3 is 0 Å². The zero-order valence-electron chi connectivity index (χ0n) is 15.0. The van der Waals surface area contributed by atoms with Gasteiger partial charge in [-0.05, 0) is 43.5 Å². The Hall–Kier alpha value is -2.50. The number of nitrogens with zero attached hydrogens (tertiary/aromatic N) is 3. The summed E-state index contributed by atoms with van der Waals surface area (Å²) in [6.07, 6.45) is 6.65. The van der Waals surface area contributed by atoms with Crippen LogP contribution in [0.15, 0.2) is 46.1 Å². The van der Waals surface area contributed by atoms with Gasteiger partial charge in [0.1, 0.15) is 11.6 Å². The summed E-state index contributed by atoms with van der Waals surface area (Å²) < 4.78 is 5.35.